The summed E-state index contributed by atoms with van der Waals surface area (Å²) in [4.78, 5) is 0. The molecule has 0 aliphatic carbocycles. The van der Waals surface area contributed by atoms with Crippen molar-refractivity contribution in [2.45, 2.75) is 50.5 Å². The van der Waals surface area contributed by atoms with Gasteiger partial charge in [0.05, 0.1) is 26.4 Å². The molecule has 3 unspecified atom stereocenters. The molecule has 5 atom stereocenters. The molecule has 1 aliphatic heterocycles. The number of para-hydroxylation sites is 1. The van der Waals surface area contributed by atoms with E-state index in [9.17, 15) is 5.11 Å². The van der Waals surface area contributed by atoms with Crippen LogP contribution in [-0.4, -0.2) is 42.4 Å². The van der Waals surface area contributed by atoms with E-state index in [1.54, 1.807) is 0 Å². The lowest BCUT2D eigenvalue weighted by Crippen LogP contribution is -2.62. The van der Waals surface area contributed by atoms with Gasteiger partial charge in [0.1, 0.15) is 24.1 Å². The molecule has 1 N–H and O–H groups in total. The predicted molar refractivity (Wildman–Crippen MR) is 148 cm³/mol. The molecule has 6 nitrogen and oxygen atoms in total. The Morgan fingerprint density at radius 1 is 0.564 bits per heavy atom. The summed E-state index contributed by atoms with van der Waals surface area (Å²) < 4.78 is 31.2. The molecule has 0 amide bonds. The Hall–Kier alpha value is -3.52. The van der Waals surface area contributed by atoms with Gasteiger partial charge in [-0.05, 0) is 28.8 Å². The van der Waals surface area contributed by atoms with Crippen molar-refractivity contribution in [2.75, 3.05) is 6.61 Å². The summed E-state index contributed by atoms with van der Waals surface area (Å²) in [5.41, 5.74) is 3.03. The van der Waals surface area contributed by atoms with Crippen molar-refractivity contribution in [3.63, 3.8) is 0 Å². The lowest BCUT2D eigenvalue weighted by atomic mass is 9.98. The van der Waals surface area contributed by atoms with Gasteiger partial charge in [-0.15, -0.1) is 0 Å². The maximum atomic E-state index is 11.7. The molecule has 202 valence electrons. The highest BCUT2D eigenvalue weighted by atomic mass is 16.7. The highest BCUT2D eigenvalue weighted by molar-refractivity contribution is 5.22. The Morgan fingerprint density at radius 2 is 1.05 bits per heavy atom. The summed E-state index contributed by atoms with van der Waals surface area (Å²) in [6, 6.07) is 39.0. The third-order valence-corrected chi connectivity index (χ3v) is 6.57. The van der Waals surface area contributed by atoms with Crippen LogP contribution in [0.3, 0.4) is 0 Å². The Kier molecular flexibility index (Phi) is 9.74. The topological polar surface area (TPSA) is 66.4 Å². The van der Waals surface area contributed by atoms with E-state index in [-0.39, 0.29) is 6.61 Å². The van der Waals surface area contributed by atoms with Crippen LogP contribution in [0.25, 0.3) is 0 Å². The molecule has 1 aliphatic rings. The van der Waals surface area contributed by atoms with Gasteiger partial charge in [0.2, 0.25) is 0 Å². The fraction of sp³-hybridized carbons (Fsp3) is 0.273. The average molecular weight is 527 g/mol. The zero-order valence-electron chi connectivity index (χ0n) is 21.8. The van der Waals surface area contributed by atoms with Gasteiger partial charge in [0, 0.05) is 0 Å². The molecular weight excluding hydrogens is 492 g/mol. The molecule has 0 radical (unpaired) electrons. The molecule has 4 aromatic carbocycles. The van der Waals surface area contributed by atoms with E-state index in [4.69, 9.17) is 23.7 Å². The number of aliphatic hydroxyl groups is 1. The number of ether oxygens (including phenoxy) is 5. The van der Waals surface area contributed by atoms with E-state index in [0.717, 1.165) is 16.7 Å². The normalized spacial score (nSPS) is 22.8. The van der Waals surface area contributed by atoms with Gasteiger partial charge in [0.25, 0.3) is 0 Å². The third kappa shape index (κ3) is 7.76. The number of benzene rings is 4. The minimum absolute atomic E-state index is 0.208. The standard InChI is InChI=1S/C33H34O6/c34-30-31(38-28-19-11-4-12-20-28)29(24-35-21-25-13-5-1-6-14-25)39-33(37-23-27-17-9-3-10-18-27)32(30)36-22-26-15-7-2-8-16-26/h1-20,29-34H,21-24H2/t29?,30?,31-,32?,33-/m0/s1. The maximum Gasteiger partial charge on any atom is 0.187 e. The van der Waals surface area contributed by atoms with E-state index in [0.29, 0.717) is 25.6 Å². The minimum Gasteiger partial charge on any atom is -0.485 e. The highest BCUT2D eigenvalue weighted by Crippen LogP contribution is 2.30. The van der Waals surface area contributed by atoms with Gasteiger partial charge in [-0.2, -0.15) is 0 Å². The summed E-state index contributed by atoms with van der Waals surface area (Å²) in [5, 5.41) is 11.7. The van der Waals surface area contributed by atoms with E-state index in [1.165, 1.54) is 0 Å². The van der Waals surface area contributed by atoms with Gasteiger partial charge in [-0.1, -0.05) is 109 Å². The van der Waals surface area contributed by atoms with Gasteiger partial charge < -0.3 is 28.8 Å². The molecule has 1 saturated heterocycles. The number of aliphatic hydroxyl groups excluding tert-OH is 1. The quantitative estimate of drug-likeness (QED) is 0.262. The molecule has 39 heavy (non-hydrogen) atoms. The predicted octanol–water partition coefficient (Wildman–Crippen LogP) is 5.54. The first-order valence-electron chi connectivity index (χ1n) is 13.2. The van der Waals surface area contributed by atoms with Crippen LogP contribution < -0.4 is 4.74 Å². The molecule has 4 aromatic rings. The highest BCUT2D eigenvalue weighted by Gasteiger charge is 2.48. The van der Waals surface area contributed by atoms with E-state index >= 15 is 0 Å². The molecule has 1 heterocycles. The second-order valence-corrected chi connectivity index (χ2v) is 9.49. The van der Waals surface area contributed by atoms with E-state index in [2.05, 4.69) is 0 Å². The van der Waals surface area contributed by atoms with Crippen molar-refractivity contribution in [1.82, 2.24) is 0 Å². The van der Waals surface area contributed by atoms with Crippen LogP contribution in [0.2, 0.25) is 0 Å². The van der Waals surface area contributed by atoms with Crippen molar-refractivity contribution >= 4 is 0 Å². The molecule has 6 heteroatoms. The second kappa shape index (κ2) is 14.0. The summed E-state index contributed by atoms with van der Waals surface area (Å²) in [7, 11) is 0. The van der Waals surface area contributed by atoms with Gasteiger partial charge in [0.15, 0.2) is 12.4 Å². The first-order valence-corrected chi connectivity index (χ1v) is 13.2. The largest absolute Gasteiger partial charge is 0.485 e. The molecule has 0 spiro atoms. The van der Waals surface area contributed by atoms with Gasteiger partial charge >= 0.3 is 0 Å². The monoisotopic (exact) mass is 526 g/mol. The summed E-state index contributed by atoms with van der Waals surface area (Å²) in [6.45, 7) is 1.23. The average Bonchev–Trinajstić information content (AvgIpc) is 2.99. The van der Waals surface area contributed by atoms with Crippen molar-refractivity contribution in [3.05, 3.63) is 138 Å². The summed E-state index contributed by atoms with van der Waals surface area (Å²) >= 11 is 0. The van der Waals surface area contributed by atoms with Crippen molar-refractivity contribution < 1.29 is 28.8 Å². The van der Waals surface area contributed by atoms with Crippen LogP contribution >= 0.6 is 0 Å². The molecule has 0 aromatic heterocycles. The fourth-order valence-electron chi connectivity index (χ4n) is 4.53. The van der Waals surface area contributed by atoms with Crippen molar-refractivity contribution in [3.8, 4) is 5.75 Å². The van der Waals surface area contributed by atoms with Crippen LogP contribution in [-0.2, 0) is 38.8 Å². The smallest absolute Gasteiger partial charge is 0.187 e. The summed E-state index contributed by atoms with van der Waals surface area (Å²) in [6.07, 6.45) is -3.98. The second-order valence-electron chi connectivity index (χ2n) is 9.49. The zero-order valence-corrected chi connectivity index (χ0v) is 21.8. The van der Waals surface area contributed by atoms with Crippen LogP contribution in [0.5, 0.6) is 5.75 Å². The van der Waals surface area contributed by atoms with Crippen LogP contribution in [0.4, 0.5) is 0 Å². The fourth-order valence-corrected chi connectivity index (χ4v) is 4.53. The Balaban J connectivity index is 1.35. The SMILES string of the molecule is OC1C(OCc2ccccc2)[C@@H](OCc2ccccc2)OC(COCc2ccccc2)[C@@H]1Oc1ccccc1. The first kappa shape index (κ1) is 27.1. The molecule has 0 saturated carbocycles. The van der Waals surface area contributed by atoms with Crippen molar-refractivity contribution in [2.24, 2.45) is 0 Å². The lowest BCUT2D eigenvalue weighted by Gasteiger charge is -2.44. The number of hydrogen-bond donors (Lipinski definition) is 1. The maximum absolute atomic E-state index is 11.7. The van der Waals surface area contributed by atoms with Crippen LogP contribution in [0.15, 0.2) is 121 Å². The number of hydrogen-bond acceptors (Lipinski definition) is 6. The molecular formula is C33H34O6. The zero-order chi connectivity index (χ0) is 26.7. The van der Waals surface area contributed by atoms with Gasteiger partial charge in [-0.25, -0.2) is 0 Å². The van der Waals surface area contributed by atoms with Gasteiger partial charge in [-0.3, -0.25) is 0 Å². The van der Waals surface area contributed by atoms with Crippen molar-refractivity contribution in [1.29, 1.82) is 0 Å². The summed E-state index contributed by atoms with van der Waals surface area (Å²) in [5.74, 6) is 0.628. The van der Waals surface area contributed by atoms with Crippen LogP contribution in [0, 0.1) is 0 Å². The first-order chi connectivity index (χ1) is 19.3. The van der Waals surface area contributed by atoms with Crippen LogP contribution in [0.1, 0.15) is 16.7 Å². The van der Waals surface area contributed by atoms with E-state index < -0.39 is 30.7 Å². The third-order valence-electron chi connectivity index (χ3n) is 6.57. The number of rotatable bonds is 12. The molecule has 1 fully saturated rings. The lowest BCUT2D eigenvalue weighted by molar-refractivity contribution is -0.312. The molecule has 5 rings (SSSR count). The van der Waals surface area contributed by atoms with E-state index in [1.807, 2.05) is 121 Å². The Morgan fingerprint density at radius 3 is 1.62 bits per heavy atom. The Bertz CT molecular complexity index is 1220. The Labute approximate surface area is 229 Å². The minimum atomic E-state index is -1.03. The molecule has 0 bridgehead atoms.